The van der Waals surface area contributed by atoms with Gasteiger partial charge in [-0.25, -0.2) is 10.1 Å². The van der Waals surface area contributed by atoms with Crippen LogP contribution in [-0.4, -0.2) is 21.8 Å². The molecule has 0 saturated carbocycles. The van der Waals surface area contributed by atoms with Gasteiger partial charge in [-0.15, -0.1) is 0 Å². The van der Waals surface area contributed by atoms with Crippen molar-refractivity contribution in [2.24, 2.45) is 0 Å². The number of rotatable bonds is 6. The molecule has 0 aliphatic carbocycles. The third-order valence-electron chi connectivity index (χ3n) is 2.38. The molecule has 0 unspecified atom stereocenters. The zero-order chi connectivity index (χ0) is 13.7. The molecule has 0 atom stereocenters. The van der Waals surface area contributed by atoms with E-state index in [2.05, 4.69) is 20.5 Å². The van der Waals surface area contributed by atoms with Crippen LogP contribution in [0.5, 0.6) is 5.75 Å². The fourth-order valence-electron chi connectivity index (χ4n) is 1.53. The highest BCUT2D eigenvalue weighted by Gasteiger charge is 2.09. The van der Waals surface area contributed by atoms with Crippen LogP contribution in [-0.2, 0) is 6.54 Å². The fourth-order valence-corrected chi connectivity index (χ4v) is 2.17. The van der Waals surface area contributed by atoms with Crippen LogP contribution in [0.1, 0.15) is 18.9 Å². The van der Waals surface area contributed by atoms with Gasteiger partial charge in [-0.05, 0) is 24.1 Å². The zero-order valence-corrected chi connectivity index (χ0v) is 11.9. The summed E-state index contributed by atoms with van der Waals surface area (Å²) in [4.78, 5) is 3.97. The first kappa shape index (κ1) is 14.0. The minimum atomic E-state index is 0.510. The number of hydrogen-bond donors (Lipinski definition) is 2. The Kier molecular flexibility index (Phi) is 4.87. The van der Waals surface area contributed by atoms with Gasteiger partial charge in [0.15, 0.2) is 5.75 Å². The Bertz CT molecular complexity index is 508. The van der Waals surface area contributed by atoms with Crippen LogP contribution in [0.25, 0.3) is 0 Å². The number of aromatic amines is 1. The van der Waals surface area contributed by atoms with Crippen molar-refractivity contribution in [3.63, 3.8) is 0 Å². The summed E-state index contributed by atoms with van der Waals surface area (Å²) in [5, 5.41) is 10.5. The van der Waals surface area contributed by atoms with Gasteiger partial charge in [0, 0.05) is 6.54 Å². The van der Waals surface area contributed by atoms with Gasteiger partial charge in [-0.3, -0.25) is 0 Å². The Morgan fingerprint density at radius 2 is 2.05 bits per heavy atom. The quantitative estimate of drug-likeness (QED) is 0.857. The van der Waals surface area contributed by atoms with Crippen molar-refractivity contribution in [1.82, 2.24) is 15.2 Å². The average molecular weight is 301 g/mol. The van der Waals surface area contributed by atoms with E-state index < -0.39 is 0 Å². The Balaban J connectivity index is 2.06. The number of H-pyrrole nitrogens is 1. The molecule has 0 bridgehead atoms. The normalized spacial score (nSPS) is 10.5. The molecule has 0 fully saturated rings. The van der Waals surface area contributed by atoms with Crippen LogP contribution in [0.4, 0.5) is 5.95 Å². The summed E-state index contributed by atoms with van der Waals surface area (Å²) in [5.41, 5.74) is 0.940. The smallest absolute Gasteiger partial charge is 0.218 e. The van der Waals surface area contributed by atoms with Crippen LogP contribution in [0.15, 0.2) is 18.5 Å². The molecule has 0 aliphatic heterocycles. The molecule has 1 heterocycles. The molecule has 5 nitrogen and oxygen atoms in total. The molecule has 102 valence electrons. The van der Waals surface area contributed by atoms with E-state index in [1.54, 1.807) is 0 Å². The maximum atomic E-state index is 6.16. The molecule has 0 radical (unpaired) electrons. The van der Waals surface area contributed by atoms with Crippen LogP contribution in [0.2, 0.25) is 10.0 Å². The minimum absolute atomic E-state index is 0.510. The van der Waals surface area contributed by atoms with E-state index in [0.29, 0.717) is 34.9 Å². The molecule has 0 amide bonds. The number of benzene rings is 1. The Labute approximate surface area is 121 Å². The van der Waals surface area contributed by atoms with Gasteiger partial charge in [0.1, 0.15) is 6.33 Å². The van der Waals surface area contributed by atoms with E-state index in [0.717, 1.165) is 12.0 Å². The van der Waals surface area contributed by atoms with Gasteiger partial charge in [-0.2, -0.15) is 5.10 Å². The number of halogens is 2. The van der Waals surface area contributed by atoms with E-state index in [9.17, 15) is 0 Å². The lowest BCUT2D eigenvalue weighted by Gasteiger charge is -2.11. The highest BCUT2D eigenvalue weighted by molar-refractivity contribution is 6.37. The van der Waals surface area contributed by atoms with Crippen LogP contribution >= 0.6 is 23.2 Å². The van der Waals surface area contributed by atoms with Gasteiger partial charge >= 0.3 is 0 Å². The van der Waals surface area contributed by atoms with Gasteiger partial charge in [-0.1, -0.05) is 30.1 Å². The van der Waals surface area contributed by atoms with Gasteiger partial charge < -0.3 is 10.1 Å². The maximum Gasteiger partial charge on any atom is 0.218 e. The van der Waals surface area contributed by atoms with Crippen molar-refractivity contribution < 1.29 is 4.74 Å². The lowest BCUT2D eigenvalue weighted by atomic mass is 10.2. The van der Waals surface area contributed by atoms with Gasteiger partial charge in [0.25, 0.3) is 0 Å². The second kappa shape index (κ2) is 6.63. The molecule has 2 N–H and O–H groups in total. The second-order valence-corrected chi connectivity index (χ2v) is 4.74. The topological polar surface area (TPSA) is 62.8 Å². The molecule has 2 aromatic rings. The number of aromatic nitrogens is 3. The average Bonchev–Trinajstić information content (AvgIpc) is 2.88. The van der Waals surface area contributed by atoms with E-state index in [4.69, 9.17) is 27.9 Å². The van der Waals surface area contributed by atoms with Gasteiger partial charge in [0.05, 0.1) is 16.7 Å². The Hall–Kier alpha value is -1.46. The molecule has 0 saturated heterocycles. The van der Waals surface area contributed by atoms with Gasteiger partial charge in [0.2, 0.25) is 5.95 Å². The number of hydrogen-bond acceptors (Lipinski definition) is 4. The van der Waals surface area contributed by atoms with Crippen molar-refractivity contribution in [1.29, 1.82) is 0 Å². The van der Waals surface area contributed by atoms with Crippen molar-refractivity contribution in [3.05, 3.63) is 34.1 Å². The first-order valence-corrected chi connectivity index (χ1v) is 6.66. The molecular formula is C12H14Cl2N4O. The van der Waals surface area contributed by atoms with E-state index >= 15 is 0 Å². The monoisotopic (exact) mass is 300 g/mol. The summed E-state index contributed by atoms with van der Waals surface area (Å²) in [5.74, 6) is 1.13. The zero-order valence-electron chi connectivity index (χ0n) is 10.4. The SMILES string of the molecule is CCCOc1c(Cl)cc(CNc2ncn[nH]2)cc1Cl. The van der Waals surface area contributed by atoms with Crippen molar-refractivity contribution in [2.45, 2.75) is 19.9 Å². The molecule has 1 aromatic carbocycles. The minimum Gasteiger partial charge on any atom is -0.490 e. The van der Waals surface area contributed by atoms with E-state index in [1.165, 1.54) is 6.33 Å². The van der Waals surface area contributed by atoms with E-state index in [1.807, 2.05) is 19.1 Å². The highest BCUT2D eigenvalue weighted by atomic mass is 35.5. The fraction of sp³-hybridized carbons (Fsp3) is 0.333. The summed E-state index contributed by atoms with van der Waals surface area (Å²) in [6, 6.07) is 3.64. The predicted octanol–water partition coefficient (Wildman–Crippen LogP) is 3.51. The predicted molar refractivity (Wildman–Crippen MR) is 76.0 cm³/mol. The summed E-state index contributed by atoms with van der Waals surface area (Å²) in [6.07, 6.45) is 2.34. The third kappa shape index (κ3) is 3.75. The van der Waals surface area contributed by atoms with Crippen LogP contribution in [0.3, 0.4) is 0 Å². The number of nitrogens with zero attached hydrogens (tertiary/aromatic N) is 2. The summed E-state index contributed by atoms with van der Waals surface area (Å²) in [7, 11) is 0. The van der Waals surface area contributed by atoms with Crippen molar-refractivity contribution in [2.75, 3.05) is 11.9 Å². The summed E-state index contributed by atoms with van der Waals surface area (Å²) in [6.45, 7) is 3.16. The summed E-state index contributed by atoms with van der Waals surface area (Å²) < 4.78 is 5.51. The van der Waals surface area contributed by atoms with Crippen molar-refractivity contribution >= 4 is 29.2 Å². The van der Waals surface area contributed by atoms with Crippen molar-refractivity contribution in [3.8, 4) is 5.75 Å². The Morgan fingerprint density at radius 3 is 2.63 bits per heavy atom. The molecule has 0 spiro atoms. The third-order valence-corrected chi connectivity index (χ3v) is 2.95. The molecule has 0 aliphatic rings. The summed E-state index contributed by atoms with van der Waals surface area (Å²) >= 11 is 12.3. The first-order chi connectivity index (χ1) is 9.20. The first-order valence-electron chi connectivity index (χ1n) is 5.90. The lowest BCUT2D eigenvalue weighted by molar-refractivity contribution is 0.318. The molecular weight excluding hydrogens is 287 g/mol. The number of anilines is 1. The maximum absolute atomic E-state index is 6.16. The van der Waals surface area contributed by atoms with Crippen LogP contribution < -0.4 is 10.1 Å². The standard InChI is InChI=1S/C12H14Cl2N4O/c1-2-3-19-11-9(13)4-8(5-10(11)14)6-15-12-16-7-17-18-12/h4-5,7H,2-3,6H2,1H3,(H2,15,16,17,18). The van der Waals surface area contributed by atoms with Crippen LogP contribution in [0, 0.1) is 0 Å². The Morgan fingerprint density at radius 1 is 1.32 bits per heavy atom. The number of nitrogens with one attached hydrogen (secondary N) is 2. The molecule has 19 heavy (non-hydrogen) atoms. The highest BCUT2D eigenvalue weighted by Crippen LogP contribution is 2.34. The molecule has 7 heteroatoms. The lowest BCUT2D eigenvalue weighted by Crippen LogP contribution is -2.02. The second-order valence-electron chi connectivity index (χ2n) is 3.92. The van der Waals surface area contributed by atoms with E-state index in [-0.39, 0.29) is 0 Å². The molecule has 1 aromatic heterocycles. The largest absolute Gasteiger partial charge is 0.490 e. The number of ether oxygens (including phenoxy) is 1. The molecule has 2 rings (SSSR count).